The third kappa shape index (κ3) is 5.32. The molecule has 0 aliphatic carbocycles. The lowest BCUT2D eigenvalue weighted by Gasteiger charge is -2.21. The minimum atomic E-state index is -0.543. The third-order valence-corrected chi connectivity index (χ3v) is 2.75. The van der Waals surface area contributed by atoms with Crippen LogP contribution in [-0.2, 0) is 11.3 Å². The van der Waals surface area contributed by atoms with Crippen molar-refractivity contribution in [1.29, 1.82) is 0 Å². The number of alkyl carbamates (subject to hydrolysis) is 1. The summed E-state index contributed by atoms with van der Waals surface area (Å²) in [4.78, 5) is 15.6. The summed E-state index contributed by atoms with van der Waals surface area (Å²) in [6.45, 7) is 7.67. The molecular weight excluding hydrogens is 301 g/mol. The smallest absolute Gasteiger partial charge is 0.407 e. The lowest BCUT2D eigenvalue weighted by Crippen LogP contribution is -2.39. The van der Waals surface area contributed by atoms with Crippen molar-refractivity contribution in [3.05, 3.63) is 30.3 Å². The van der Waals surface area contributed by atoms with Gasteiger partial charge in [-0.25, -0.2) is 13.9 Å². The van der Waals surface area contributed by atoms with E-state index in [0.717, 1.165) is 6.20 Å². The van der Waals surface area contributed by atoms with Crippen LogP contribution in [-0.4, -0.2) is 37.7 Å². The molecule has 0 unspecified atom stereocenters. The molecule has 2 rings (SSSR count). The molecule has 1 N–H and O–H groups in total. The molecule has 0 saturated carbocycles. The van der Waals surface area contributed by atoms with E-state index >= 15 is 0 Å². The van der Waals surface area contributed by atoms with Gasteiger partial charge in [0.2, 0.25) is 0 Å². The molecule has 0 radical (unpaired) electrons. The Hall–Kier alpha value is -2.51. The van der Waals surface area contributed by atoms with Crippen molar-refractivity contribution >= 4 is 6.09 Å². The average molecular weight is 321 g/mol. The van der Waals surface area contributed by atoms with Crippen molar-refractivity contribution in [3.63, 3.8) is 0 Å². The number of carbonyl (C=O) groups excluding carboxylic acids is 1. The molecule has 2 aromatic heterocycles. The summed E-state index contributed by atoms with van der Waals surface area (Å²) in [5.41, 5.74) is 0.526. The predicted octanol–water partition coefficient (Wildman–Crippen LogP) is 2.39. The highest BCUT2D eigenvalue weighted by Gasteiger charge is 2.18. The van der Waals surface area contributed by atoms with Gasteiger partial charge in [-0.2, -0.15) is 0 Å². The molecule has 1 amide bonds. The number of hydrogen-bond acceptors (Lipinski definition) is 5. The molecule has 0 aliphatic heterocycles. The van der Waals surface area contributed by atoms with Crippen LogP contribution in [0.1, 0.15) is 27.7 Å². The molecule has 0 bridgehead atoms. The SMILES string of the molecule is C[C@@H](Cn1cc(-c2ccc(F)cn2)nn1)NC(=O)OC(C)(C)C. The Labute approximate surface area is 133 Å². The van der Waals surface area contributed by atoms with Gasteiger partial charge in [-0.15, -0.1) is 5.10 Å². The largest absolute Gasteiger partial charge is 0.444 e. The van der Waals surface area contributed by atoms with Gasteiger partial charge >= 0.3 is 6.09 Å². The fourth-order valence-corrected chi connectivity index (χ4v) is 1.87. The second-order valence-electron chi connectivity index (χ2n) is 6.23. The molecule has 0 spiro atoms. The lowest BCUT2D eigenvalue weighted by atomic mass is 10.2. The highest BCUT2D eigenvalue weighted by molar-refractivity contribution is 5.68. The summed E-state index contributed by atoms with van der Waals surface area (Å²) >= 11 is 0. The van der Waals surface area contributed by atoms with Gasteiger partial charge in [0.05, 0.1) is 24.6 Å². The van der Waals surface area contributed by atoms with Crippen molar-refractivity contribution in [3.8, 4) is 11.4 Å². The van der Waals surface area contributed by atoms with Gasteiger partial charge < -0.3 is 10.1 Å². The van der Waals surface area contributed by atoms with Gasteiger partial charge in [0.1, 0.15) is 17.1 Å². The van der Waals surface area contributed by atoms with E-state index in [4.69, 9.17) is 4.74 Å². The van der Waals surface area contributed by atoms with E-state index in [9.17, 15) is 9.18 Å². The molecule has 0 aliphatic rings. The monoisotopic (exact) mass is 321 g/mol. The minimum absolute atomic E-state index is 0.194. The zero-order valence-corrected chi connectivity index (χ0v) is 13.6. The minimum Gasteiger partial charge on any atom is -0.444 e. The van der Waals surface area contributed by atoms with Gasteiger partial charge in [-0.3, -0.25) is 4.98 Å². The van der Waals surface area contributed by atoms with Gasteiger partial charge in [0.15, 0.2) is 0 Å². The number of aromatic nitrogens is 4. The van der Waals surface area contributed by atoms with Crippen molar-refractivity contribution in [2.24, 2.45) is 0 Å². The molecule has 2 aromatic rings. The first kappa shape index (κ1) is 16.9. The third-order valence-electron chi connectivity index (χ3n) is 2.75. The number of carbonyl (C=O) groups is 1. The lowest BCUT2D eigenvalue weighted by molar-refractivity contribution is 0.0503. The Kier molecular flexibility index (Phi) is 4.92. The first-order valence-corrected chi connectivity index (χ1v) is 7.24. The molecule has 7 nitrogen and oxygen atoms in total. The summed E-state index contributed by atoms with van der Waals surface area (Å²) in [6, 6.07) is 2.65. The van der Waals surface area contributed by atoms with Crippen LogP contribution in [0.25, 0.3) is 11.4 Å². The van der Waals surface area contributed by atoms with Crippen LogP contribution in [0.15, 0.2) is 24.5 Å². The van der Waals surface area contributed by atoms with E-state index < -0.39 is 17.5 Å². The number of pyridine rings is 1. The van der Waals surface area contributed by atoms with E-state index in [-0.39, 0.29) is 6.04 Å². The molecule has 23 heavy (non-hydrogen) atoms. The molecule has 2 heterocycles. The molecule has 124 valence electrons. The summed E-state index contributed by atoms with van der Waals surface area (Å²) in [6.07, 6.45) is 2.33. The number of ether oxygens (including phenoxy) is 1. The Morgan fingerprint density at radius 3 is 2.74 bits per heavy atom. The number of hydrogen-bond donors (Lipinski definition) is 1. The van der Waals surface area contributed by atoms with Gasteiger partial charge in [0, 0.05) is 6.04 Å². The zero-order chi connectivity index (χ0) is 17.0. The van der Waals surface area contributed by atoms with E-state index in [1.807, 2.05) is 6.92 Å². The summed E-state index contributed by atoms with van der Waals surface area (Å²) in [5, 5.41) is 10.7. The van der Waals surface area contributed by atoms with Crippen molar-refractivity contribution in [1.82, 2.24) is 25.3 Å². The second kappa shape index (κ2) is 6.72. The molecule has 1 atom stereocenters. The maximum atomic E-state index is 12.9. The molecule has 0 fully saturated rings. The van der Waals surface area contributed by atoms with E-state index in [1.54, 1.807) is 31.6 Å². The first-order valence-electron chi connectivity index (χ1n) is 7.24. The Bertz CT molecular complexity index is 663. The molecule has 0 aromatic carbocycles. The highest BCUT2D eigenvalue weighted by Crippen LogP contribution is 2.13. The van der Waals surface area contributed by atoms with E-state index in [1.165, 1.54) is 12.1 Å². The van der Waals surface area contributed by atoms with Crippen LogP contribution >= 0.6 is 0 Å². The van der Waals surface area contributed by atoms with E-state index in [0.29, 0.717) is 17.9 Å². The number of amides is 1. The van der Waals surface area contributed by atoms with E-state index in [2.05, 4.69) is 20.6 Å². The quantitative estimate of drug-likeness (QED) is 0.935. The molecule has 8 heteroatoms. The summed E-state index contributed by atoms with van der Waals surface area (Å²) < 4.78 is 19.6. The molecular formula is C15H20FN5O2. The van der Waals surface area contributed by atoms with Gasteiger partial charge in [-0.1, -0.05) is 5.21 Å². The number of rotatable bonds is 4. The molecule has 0 saturated heterocycles. The predicted molar refractivity (Wildman–Crippen MR) is 82.0 cm³/mol. The van der Waals surface area contributed by atoms with Crippen LogP contribution < -0.4 is 5.32 Å². The van der Waals surface area contributed by atoms with Crippen LogP contribution in [0.2, 0.25) is 0 Å². The van der Waals surface area contributed by atoms with Crippen molar-refractivity contribution in [2.45, 2.75) is 45.9 Å². The zero-order valence-electron chi connectivity index (χ0n) is 13.6. The summed E-state index contributed by atoms with van der Waals surface area (Å²) in [5.74, 6) is -0.406. The number of halogens is 1. The second-order valence-corrected chi connectivity index (χ2v) is 6.23. The van der Waals surface area contributed by atoms with Crippen LogP contribution in [0.5, 0.6) is 0 Å². The standard InChI is InChI=1S/C15H20FN5O2/c1-10(18-14(22)23-15(2,3)4)8-21-9-13(19-20-21)12-6-5-11(16)7-17-12/h5-7,9-10H,8H2,1-4H3,(H,18,22)/t10-/m0/s1. The van der Waals surface area contributed by atoms with Gasteiger partial charge in [-0.05, 0) is 39.8 Å². The number of nitrogens with one attached hydrogen (secondary N) is 1. The van der Waals surface area contributed by atoms with Crippen molar-refractivity contribution < 1.29 is 13.9 Å². The number of nitrogens with zero attached hydrogens (tertiary/aromatic N) is 4. The van der Waals surface area contributed by atoms with Crippen LogP contribution in [0, 0.1) is 5.82 Å². The fraction of sp³-hybridized carbons (Fsp3) is 0.467. The average Bonchev–Trinajstić information content (AvgIpc) is 2.85. The van der Waals surface area contributed by atoms with Crippen LogP contribution in [0.3, 0.4) is 0 Å². The van der Waals surface area contributed by atoms with Crippen LogP contribution in [0.4, 0.5) is 9.18 Å². The highest BCUT2D eigenvalue weighted by atomic mass is 19.1. The Balaban J connectivity index is 1.93. The Morgan fingerprint density at radius 1 is 1.39 bits per heavy atom. The van der Waals surface area contributed by atoms with Gasteiger partial charge in [0.25, 0.3) is 0 Å². The fourth-order valence-electron chi connectivity index (χ4n) is 1.87. The topological polar surface area (TPSA) is 81.9 Å². The maximum absolute atomic E-state index is 12.9. The maximum Gasteiger partial charge on any atom is 0.407 e. The van der Waals surface area contributed by atoms with Crippen molar-refractivity contribution in [2.75, 3.05) is 0 Å². The first-order chi connectivity index (χ1) is 10.7. The normalized spacial score (nSPS) is 12.7. The Morgan fingerprint density at radius 2 is 2.13 bits per heavy atom. The summed E-state index contributed by atoms with van der Waals surface area (Å²) in [7, 11) is 0.